The molecule has 4 heteroatoms. The van der Waals surface area contributed by atoms with E-state index in [0.717, 1.165) is 31.1 Å². The molecule has 0 spiro atoms. The molecule has 0 unspecified atom stereocenters. The first-order chi connectivity index (χ1) is 9.33. The molecule has 0 saturated heterocycles. The van der Waals surface area contributed by atoms with Crippen molar-refractivity contribution in [1.82, 2.24) is 0 Å². The summed E-state index contributed by atoms with van der Waals surface area (Å²) in [5, 5.41) is 9.15. The molecule has 19 heavy (non-hydrogen) atoms. The molecule has 0 aromatic heterocycles. The lowest BCUT2D eigenvalue weighted by atomic mass is 9.76. The van der Waals surface area contributed by atoms with Gasteiger partial charge in [0.25, 0.3) is 0 Å². The number of unbranched alkanes of at least 4 members (excludes halogenated alkanes) is 2. The van der Waals surface area contributed by atoms with Gasteiger partial charge in [-0.3, -0.25) is 0 Å². The van der Waals surface area contributed by atoms with Crippen LogP contribution in [0, 0.1) is 11.3 Å². The molecule has 1 aromatic carbocycles. The standard InChI is InChI=1S/C15H22BNO2/c1-3-5-11-18-16(19-12-6-4-2)15-10-8-7-9-14(15)13-17/h7-10H,3-6,11-12H2,1-2H3. The number of nitriles is 1. The first-order valence-corrected chi connectivity index (χ1v) is 7.05. The molecule has 0 aliphatic rings. The third-order valence-corrected chi connectivity index (χ3v) is 2.87. The van der Waals surface area contributed by atoms with Crippen molar-refractivity contribution in [3.05, 3.63) is 29.8 Å². The van der Waals surface area contributed by atoms with E-state index in [0.29, 0.717) is 18.8 Å². The second-order valence-electron chi connectivity index (χ2n) is 4.48. The molecule has 0 N–H and O–H groups in total. The van der Waals surface area contributed by atoms with Gasteiger partial charge in [0.05, 0.1) is 11.6 Å². The van der Waals surface area contributed by atoms with Crippen molar-refractivity contribution in [2.24, 2.45) is 0 Å². The van der Waals surface area contributed by atoms with Gasteiger partial charge in [0.15, 0.2) is 0 Å². The quantitative estimate of drug-likeness (QED) is 0.506. The Bertz CT molecular complexity index is 393. The van der Waals surface area contributed by atoms with Crippen LogP contribution in [-0.2, 0) is 9.31 Å². The van der Waals surface area contributed by atoms with Crippen LogP contribution in [0.1, 0.15) is 45.1 Å². The van der Waals surface area contributed by atoms with E-state index in [9.17, 15) is 0 Å². The van der Waals surface area contributed by atoms with Gasteiger partial charge in [-0.05, 0) is 18.9 Å². The Kier molecular flexibility index (Phi) is 7.96. The summed E-state index contributed by atoms with van der Waals surface area (Å²) < 4.78 is 11.6. The maximum Gasteiger partial charge on any atom is 0.495 e. The molecular formula is C15H22BNO2. The highest BCUT2D eigenvalue weighted by Gasteiger charge is 2.23. The van der Waals surface area contributed by atoms with Gasteiger partial charge in [0, 0.05) is 18.7 Å². The molecule has 1 rings (SSSR count). The Morgan fingerprint density at radius 1 is 1.05 bits per heavy atom. The maximum absolute atomic E-state index is 9.15. The Morgan fingerprint density at radius 3 is 2.16 bits per heavy atom. The van der Waals surface area contributed by atoms with Crippen molar-refractivity contribution < 1.29 is 9.31 Å². The Balaban J connectivity index is 2.73. The van der Waals surface area contributed by atoms with Crippen molar-refractivity contribution in [2.45, 2.75) is 39.5 Å². The van der Waals surface area contributed by atoms with Crippen LogP contribution in [0.4, 0.5) is 0 Å². The summed E-state index contributed by atoms with van der Waals surface area (Å²) in [5.74, 6) is 0. The molecule has 0 bridgehead atoms. The lowest BCUT2D eigenvalue weighted by Gasteiger charge is -2.15. The molecule has 0 amide bonds. The number of hydrogen-bond acceptors (Lipinski definition) is 3. The smallest absolute Gasteiger partial charge is 0.407 e. The topological polar surface area (TPSA) is 42.2 Å². The molecule has 0 saturated carbocycles. The van der Waals surface area contributed by atoms with Gasteiger partial charge in [-0.2, -0.15) is 5.26 Å². The van der Waals surface area contributed by atoms with E-state index in [-0.39, 0.29) is 0 Å². The third-order valence-electron chi connectivity index (χ3n) is 2.87. The molecule has 0 aliphatic heterocycles. The molecular weight excluding hydrogens is 237 g/mol. The monoisotopic (exact) mass is 259 g/mol. The van der Waals surface area contributed by atoms with Gasteiger partial charge in [0.1, 0.15) is 0 Å². The normalized spacial score (nSPS) is 10.2. The fraction of sp³-hybridized carbons (Fsp3) is 0.533. The SMILES string of the molecule is CCCCOB(OCCCC)c1ccccc1C#N. The van der Waals surface area contributed by atoms with Crippen molar-refractivity contribution in [2.75, 3.05) is 13.2 Å². The van der Waals surface area contributed by atoms with E-state index < -0.39 is 7.12 Å². The Labute approximate surface area is 116 Å². The van der Waals surface area contributed by atoms with Crippen LogP contribution in [0.25, 0.3) is 0 Å². The van der Waals surface area contributed by atoms with Gasteiger partial charge in [-0.1, -0.05) is 44.9 Å². The van der Waals surface area contributed by atoms with E-state index in [4.69, 9.17) is 14.6 Å². The zero-order chi connectivity index (χ0) is 13.9. The zero-order valence-electron chi connectivity index (χ0n) is 11.9. The summed E-state index contributed by atoms with van der Waals surface area (Å²) >= 11 is 0. The van der Waals surface area contributed by atoms with Gasteiger partial charge in [-0.15, -0.1) is 0 Å². The number of benzene rings is 1. The van der Waals surface area contributed by atoms with Crippen LogP contribution in [0.3, 0.4) is 0 Å². The van der Waals surface area contributed by atoms with Crippen molar-refractivity contribution in [3.8, 4) is 6.07 Å². The molecule has 3 nitrogen and oxygen atoms in total. The third kappa shape index (κ3) is 5.46. The lowest BCUT2D eigenvalue weighted by molar-refractivity contribution is 0.202. The van der Waals surface area contributed by atoms with Crippen LogP contribution in [-0.4, -0.2) is 20.3 Å². The van der Waals surface area contributed by atoms with E-state index in [1.165, 1.54) is 0 Å². The van der Waals surface area contributed by atoms with Crippen molar-refractivity contribution >= 4 is 12.6 Å². The first-order valence-electron chi connectivity index (χ1n) is 7.05. The van der Waals surface area contributed by atoms with Crippen LogP contribution in [0.2, 0.25) is 0 Å². The minimum atomic E-state index is -0.422. The van der Waals surface area contributed by atoms with Crippen LogP contribution in [0.5, 0.6) is 0 Å². The van der Waals surface area contributed by atoms with Crippen LogP contribution < -0.4 is 5.46 Å². The summed E-state index contributed by atoms with van der Waals surface area (Å²) in [5.41, 5.74) is 1.46. The van der Waals surface area contributed by atoms with Gasteiger partial charge in [-0.25, -0.2) is 0 Å². The highest BCUT2D eigenvalue weighted by atomic mass is 16.6. The molecule has 0 heterocycles. The summed E-state index contributed by atoms with van der Waals surface area (Å²) in [7, 11) is -0.422. The Hall–Kier alpha value is -1.31. The first kappa shape index (κ1) is 15.8. The summed E-state index contributed by atoms with van der Waals surface area (Å²) in [6.45, 7) is 5.57. The number of rotatable bonds is 9. The van der Waals surface area contributed by atoms with E-state index in [2.05, 4.69) is 19.9 Å². The minimum Gasteiger partial charge on any atom is -0.407 e. The molecule has 0 atom stereocenters. The fourth-order valence-corrected chi connectivity index (χ4v) is 1.70. The van der Waals surface area contributed by atoms with Crippen molar-refractivity contribution in [3.63, 3.8) is 0 Å². The summed E-state index contributed by atoms with van der Waals surface area (Å²) in [6, 6.07) is 9.67. The lowest BCUT2D eigenvalue weighted by Crippen LogP contribution is -2.39. The second kappa shape index (κ2) is 9.60. The van der Waals surface area contributed by atoms with E-state index in [1.807, 2.05) is 18.2 Å². The van der Waals surface area contributed by atoms with Crippen molar-refractivity contribution in [1.29, 1.82) is 5.26 Å². The summed E-state index contributed by atoms with van der Waals surface area (Å²) in [4.78, 5) is 0. The number of hydrogen-bond donors (Lipinski definition) is 0. The molecule has 0 radical (unpaired) electrons. The zero-order valence-corrected chi connectivity index (χ0v) is 11.9. The highest BCUT2D eigenvalue weighted by molar-refractivity contribution is 6.62. The second-order valence-corrected chi connectivity index (χ2v) is 4.48. The molecule has 102 valence electrons. The van der Waals surface area contributed by atoms with Gasteiger partial charge in [0.2, 0.25) is 0 Å². The van der Waals surface area contributed by atoms with Crippen LogP contribution >= 0.6 is 0 Å². The van der Waals surface area contributed by atoms with Crippen LogP contribution in [0.15, 0.2) is 24.3 Å². The largest absolute Gasteiger partial charge is 0.495 e. The van der Waals surface area contributed by atoms with Gasteiger partial charge >= 0.3 is 7.12 Å². The van der Waals surface area contributed by atoms with E-state index in [1.54, 1.807) is 6.07 Å². The van der Waals surface area contributed by atoms with Gasteiger partial charge < -0.3 is 9.31 Å². The predicted molar refractivity (Wildman–Crippen MR) is 78.3 cm³/mol. The summed E-state index contributed by atoms with van der Waals surface area (Å²) in [6.07, 6.45) is 4.17. The number of nitrogens with zero attached hydrogens (tertiary/aromatic N) is 1. The molecule has 0 aliphatic carbocycles. The molecule has 1 aromatic rings. The Morgan fingerprint density at radius 2 is 1.63 bits per heavy atom. The molecule has 0 fully saturated rings. The predicted octanol–water partition coefficient (Wildman–Crippen LogP) is 2.89. The maximum atomic E-state index is 9.15. The minimum absolute atomic E-state index is 0.422. The average molecular weight is 259 g/mol. The average Bonchev–Trinajstić information content (AvgIpc) is 2.46. The fourth-order valence-electron chi connectivity index (χ4n) is 1.70. The highest BCUT2D eigenvalue weighted by Crippen LogP contribution is 2.02. The van der Waals surface area contributed by atoms with E-state index >= 15 is 0 Å².